The molecule has 1 amide bonds. The molecule has 4 aromatic carbocycles. The lowest BCUT2D eigenvalue weighted by Crippen LogP contribution is -2.46. The number of Topliss-reactive ketones (excluding diaryl/α,β-unsaturated/α-hetero) is 1. The van der Waals surface area contributed by atoms with Crippen LogP contribution in [0.25, 0.3) is 0 Å². The second-order valence-electron chi connectivity index (χ2n) is 30.7. The maximum Gasteiger partial charge on any atom is 0.286 e. The van der Waals surface area contributed by atoms with Crippen molar-refractivity contribution in [3.05, 3.63) is 120 Å². The maximum atomic E-state index is 13.2. The molecule has 0 radical (unpaired) electrons. The van der Waals surface area contributed by atoms with Crippen molar-refractivity contribution >= 4 is 103 Å². The summed E-state index contributed by atoms with van der Waals surface area (Å²) in [6.45, 7) is 25.9. The van der Waals surface area contributed by atoms with Gasteiger partial charge in [0.25, 0.3) is 81.0 Å². The van der Waals surface area contributed by atoms with Crippen LogP contribution in [0.4, 0.5) is 0 Å². The van der Waals surface area contributed by atoms with E-state index in [0.29, 0.717) is 70.0 Å². The van der Waals surface area contributed by atoms with Crippen molar-refractivity contribution < 1.29 is 93.8 Å². The molecule has 4 aromatic rings. The number of sulfonamides is 2. The van der Waals surface area contributed by atoms with Crippen LogP contribution in [0, 0.1) is 16.7 Å². The SMILES string of the molecule is CCC(C)(C)C(=O)CCCS(=O)(=O)S(=O)(=O)C1CCCCC1.CCC(C)(C)CCCS(=O)(=O)S(=O)(=O)C1CCCC1.CCC(C)(C)c1ccc(S(=O)(=O)S(C)(=O)=O)cc1.CCC(C)C(=O)NCCCS(=O)(=O)N(C1CCCCC1)S(=O)(=O)c1ccccc1.CCC(C)c1ccc(S(=O)(=O)S(=O)(=O)c2ccccc2)cc1. The number of ketones is 1. The zero-order chi connectivity index (χ0) is 83.8. The molecule has 110 heavy (non-hydrogen) atoms. The minimum absolute atomic E-state index is 0.0136. The fourth-order valence-electron chi connectivity index (χ4n) is 12.0. The van der Waals surface area contributed by atoms with Crippen molar-refractivity contribution in [1.82, 2.24) is 9.03 Å². The molecule has 0 saturated heterocycles. The van der Waals surface area contributed by atoms with E-state index in [9.17, 15) is 93.8 Å². The highest BCUT2D eigenvalue weighted by molar-refractivity contribution is 8.68. The van der Waals surface area contributed by atoms with E-state index in [4.69, 9.17) is 0 Å². The van der Waals surface area contributed by atoms with Gasteiger partial charge in [-0.25, -0.2) is 84.2 Å². The standard InChI is InChI=1S/C20H32N2O5S2.C16H18O4S2.C15H28O5S2.C13H26O4S2.C12H18O4S2/c1-3-17(2)20(23)21-15-10-16-28(24,25)22(18-11-6-4-7-12-18)29(26,27)19-13-8-5-9-14-19;1-3-13(2)14-9-11-16(12-10-14)22(19,20)21(17,18)15-7-5-4-6-8-15;1-4-15(2,3)14(16)11-8-12-21(17,18)22(19,20)13-9-6-5-7-10-13;1-4-13(2,3)10-7-11-18(14,15)19(16,17)12-8-5-6-9-12;1-5-12(2,3)10-6-8-11(9-7-10)18(15,16)17(4,13)14/h5,8-9,13-14,17-18H,3-4,6-7,10-12,15-16H2,1-2H3,(H,21,23);4-13H,3H2,1-2H3;13H,4-12H2,1-3H3;12H,4-11H2,1-3H3;6-9H,5H2,1-4H3. The van der Waals surface area contributed by atoms with Gasteiger partial charge < -0.3 is 5.32 Å². The van der Waals surface area contributed by atoms with Crippen LogP contribution in [-0.2, 0) is 106 Å². The van der Waals surface area contributed by atoms with E-state index in [1.807, 2.05) is 69.2 Å². The molecule has 3 fully saturated rings. The van der Waals surface area contributed by atoms with Crippen molar-refractivity contribution in [2.24, 2.45) is 16.7 Å². The number of nitrogens with one attached hydrogen (secondary N) is 1. The third-order valence-electron chi connectivity index (χ3n) is 21.3. The van der Waals surface area contributed by atoms with Crippen LogP contribution in [0.3, 0.4) is 0 Å². The van der Waals surface area contributed by atoms with Crippen LogP contribution in [0.1, 0.15) is 261 Å². The van der Waals surface area contributed by atoms with E-state index in [0.717, 1.165) is 91.9 Å². The average Bonchev–Trinajstić information content (AvgIpc) is 0.905. The normalized spacial score (nSPS) is 16.4. The van der Waals surface area contributed by atoms with Gasteiger partial charge in [-0.05, 0) is 166 Å². The highest BCUT2D eigenvalue weighted by Gasteiger charge is 2.43. The highest BCUT2D eigenvalue weighted by atomic mass is 33.2. The summed E-state index contributed by atoms with van der Waals surface area (Å²) in [4.78, 5) is 23.2. The first-order chi connectivity index (χ1) is 50.7. The van der Waals surface area contributed by atoms with Gasteiger partial charge in [-0.15, -0.1) is 0 Å². The van der Waals surface area contributed by atoms with Crippen molar-refractivity contribution in [2.45, 2.75) is 292 Å². The third-order valence-corrected chi connectivity index (χ3v) is 48.1. The Hall–Kier alpha value is -4.52. The van der Waals surface area contributed by atoms with Gasteiger partial charge in [0.1, 0.15) is 5.78 Å². The Kier molecular flexibility index (Phi) is 38.4. The number of hydrogen-bond acceptors (Lipinski definition) is 22. The molecule has 3 aliphatic carbocycles. The van der Waals surface area contributed by atoms with Crippen LogP contribution in [-0.4, -0.2) is 146 Å². The zero-order valence-electron chi connectivity index (χ0n) is 66.6. The molecule has 2 unspecified atom stereocenters. The maximum absolute atomic E-state index is 13.2. The molecule has 0 aliphatic heterocycles. The Balaban J connectivity index is 0.000000360. The molecule has 2 atom stereocenters. The molecule has 3 saturated carbocycles. The van der Waals surface area contributed by atoms with E-state index < -0.39 is 119 Å². The molecule has 0 aromatic heterocycles. The van der Waals surface area contributed by atoms with Gasteiger partial charge in [-0.3, -0.25) is 9.59 Å². The minimum atomic E-state index is -4.47. The first kappa shape index (κ1) is 99.7. The molecular formula is C76H122N2O22S10. The second-order valence-corrected chi connectivity index (χ2v) is 58.2. The predicted octanol–water partition coefficient (Wildman–Crippen LogP) is 14.1. The van der Waals surface area contributed by atoms with Crippen LogP contribution in [0.15, 0.2) is 129 Å². The van der Waals surface area contributed by atoms with Crippen LogP contribution >= 0.6 is 0 Å². The molecule has 0 heterocycles. The lowest BCUT2D eigenvalue weighted by Gasteiger charge is -2.32. The van der Waals surface area contributed by atoms with Gasteiger partial charge in [0.05, 0.1) is 53.6 Å². The minimum Gasteiger partial charge on any atom is -0.356 e. The number of rotatable bonds is 34. The number of amides is 1. The van der Waals surface area contributed by atoms with Gasteiger partial charge in [0, 0.05) is 30.3 Å². The molecule has 0 bridgehead atoms. The largest absolute Gasteiger partial charge is 0.356 e. The van der Waals surface area contributed by atoms with Gasteiger partial charge in [-0.2, -0.15) is 0 Å². The van der Waals surface area contributed by atoms with E-state index >= 15 is 0 Å². The summed E-state index contributed by atoms with van der Waals surface area (Å²) in [6, 6.07) is 26.4. The molecule has 1 N–H and O–H groups in total. The summed E-state index contributed by atoms with van der Waals surface area (Å²) in [5.74, 6) is -0.972. The van der Waals surface area contributed by atoms with Gasteiger partial charge in [0.2, 0.25) is 15.9 Å². The summed E-state index contributed by atoms with van der Waals surface area (Å²) < 4.78 is 246. The summed E-state index contributed by atoms with van der Waals surface area (Å²) in [5, 5.41) is 1.31. The third kappa shape index (κ3) is 27.6. The fraction of sp³-hybridized carbons (Fsp3) is 0.658. The van der Waals surface area contributed by atoms with Crippen molar-refractivity contribution in [3.63, 3.8) is 0 Å². The predicted molar refractivity (Wildman–Crippen MR) is 437 cm³/mol. The Bertz CT molecular complexity index is 4810. The number of nitrogens with zero attached hydrogens (tertiary/aromatic N) is 1. The monoisotopic (exact) mass is 1730 g/mol. The zero-order valence-corrected chi connectivity index (χ0v) is 74.8. The lowest BCUT2D eigenvalue weighted by molar-refractivity contribution is -0.127. The quantitative estimate of drug-likeness (QED) is 0.0335. The van der Waals surface area contributed by atoms with E-state index in [-0.39, 0.29) is 85.3 Å². The molecule has 7 rings (SSSR count). The molecule has 628 valence electrons. The van der Waals surface area contributed by atoms with Crippen molar-refractivity contribution in [3.8, 4) is 0 Å². The summed E-state index contributed by atoms with van der Waals surface area (Å²) in [5.41, 5.74) is 1.50. The summed E-state index contributed by atoms with van der Waals surface area (Å²) in [6.07, 6.45) is 16.1. The smallest absolute Gasteiger partial charge is 0.286 e. The summed E-state index contributed by atoms with van der Waals surface area (Å²) in [7, 11) is -41.9. The Morgan fingerprint density at radius 3 is 1.28 bits per heavy atom. The van der Waals surface area contributed by atoms with Crippen LogP contribution in [0.2, 0.25) is 0 Å². The number of carbonyl (C=O) groups excluding carboxylic acids is 2. The van der Waals surface area contributed by atoms with Gasteiger partial charge in [-0.1, -0.05) is 212 Å². The Morgan fingerprint density at radius 2 is 0.864 bits per heavy atom. The molecular weight excluding hydrogens is 1610 g/mol. The second kappa shape index (κ2) is 42.4. The van der Waals surface area contributed by atoms with E-state index in [2.05, 4.69) is 26.1 Å². The Morgan fingerprint density at radius 1 is 0.455 bits per heavy atom. The molecule has 3 aliphatic rings. The lowest BCUT2D eigenvalue weighted by atomic mass is 9.82. The summed E-state index contributed by atoms with van der Waals surface area (Å²) >= 11 is 0. The number of carbonyl (C=O) groups is 2. The molecule has 0 spiro atoms. The van der Waals surface area contributed by atoms with E-state index in [1.165, 1.54) is 60.7 Å². The topological polar surface area (TPSA) is 391 Å². The first-order valence-corrected chi connectivity index (χ1v) is 55.8. The fourth-order valence-corrected chi connectivity index (χ4v) is 32.0. The van der Waals surface area contributed by atoms with Crippen molar-refractivity contribution in [2.75, 3.05) is 30.1 Å². The van der Waals surface area contributed by atoms with Crippen LogP contribution in [0.5, 0.6) is 0 Å². The highest BCUT2D eigenvalue weighted by Crippen LogP contribution is 2.36. The Labute approximate surface area is 658 Å². The van der Waals surface area contributed by atoms with Crippen LogP contribution < -0.4 is 5.32 Å². The molecule has 34 heteroatoms. The van der Waals surface area contributed by atoms with E-state index in [1.54, 1.807) is 48.5 Å². The number of hydrogen-bond donors (Lipinski definition) is 1. The van der Waals surface area contributed by atoms with Gasteiger partial charge >= 0.3 is 0 Å². The average molecular weight is 1740 g/mol. The van der Waals surface area contributed by atoms with Gasteiger partial charge in [0.15, 0.2) is 0 Å². The first-order valence-electron chi connectivity index (χ1n) is 38.0. The molecule has 24 nitrogen and oxygen atoms in total. The van der Waals surface area contributed by atoms with Crippen molar-refractivity contribution in [1.29, 1.82) is 0 Å². The number of benzene rings is 4.